The highest BCUT2D eigenvalue weighted by Gasteiger charge is 2.21. The molecule has 0 fully saturated rings. The van der Waals surface area contributed by atoms with Crippen LogP contribution in [0.15, 0.2) is 6.20 Å². The molecule has 0 radical (unpaired) electrons. The molecule has 0 aliphatic rings. The van der Waals surface area contributed by atoms with E-state index in [2.05, 4.69) is 35.8 Å². The van der Waals surface area contributed by atoms with E-state index in [1.165, 1.54) is 6.20 Å². The molecule has 4 rings (SSSR count). The molecule has 10 heteroatoms. The summed E-state index contributed by atoms with van der Waals surface area (Å²) in [5, 5.41) is 37.0. The average molecular weight is 358 g/mol. The van der Waals surface area contributed by atoms with Gasteiger partial charge in [-0.3, -0.25) is 0 Å². The second-order valence-corrected chi connectivity index (χ2v) is 5.28. The zero-order valence-electron chi connectivity index (χ0n) is 13.6. The van der Waals surface area contributed by atoms with Crippen molar-refractivity contribution in [3.63, 3.8) is 0 Å². The van der Waals surface area contributed by atoms with Gasteiger partial charge in [-0.05, 0) is 5.92 Å². The lowest BCUT2D eigenvalue weighted by atomic mass is 10.1. The summed E-state index contributed by atoms with van der Waals surface area (Å²) in [4.78, 5) is 25.2. The minimum absolute atomic E-state index is 0.00363. The summed E-state index contributed by atoms with van der Waals surface area (Å²) in [5.41, 5.74) is 0.358. The van der Waals surface area contributed by atoms with Crippen molar-refractivity contribution >= 4 is 33.1 Å². The number of aromatic nitrogens is 6. The van der Waals surface area contributed by atoms with Crippen LogP contribution in [0.3, 0.4) is 0 Å². The smallest absolute Gasteiger partial charge is 0.177 e. The van der Waals surface area contributed by atoms with Crippen molar-refractivity contribution in [3.8, 4) is 36.6 Å². The molecule has 0 unspecified atom stereocenters. The molecule has 0 aliphatic heterocycles. The largest absolute Gasteiger partial charge is 0.249 e. The number of hydrogen-bond donors (Lipinski definition) is 0. The first-order valence-corrected chi connectivity index (χ1v) is 7.44. The van der Waals surface area contributed by atoms with Gasteiger partial charge in [0.05, 0.1) is 6.20 Å². The minimum atomic E-state index is -0.221. The first kappa shape index (κ1) is 16.2. The average Bonchev–Trinajstić information content (AvgIpc) is 2.76. The highest BCUT2D eigenvalue weighted by molar-refractivity contribution is 6.18. The monoisotopic (exact) mass is 358 g/mol. The van der Waals surface area contributed by atoms with Crippen LogP contribution in [0.5, 0.6) is 0 Å². The van der Waals surface area contributed by atoms with Gasteiger partial charge in [0, 0.05) is 0 Å². The molecule has 0 saturated heterocycles. The molecular weight excluding hydrogens is 356 g/mol. The van der Waals surface area contributed by atoms with Crippen LogP contribution in [0.25, 0.3) is 33.1 Å². The summed E-state index contributed by atoms with van der Waals surface area (Å²) >= 11 is 0. The summed E-state index contributed by atoms with van der Waals surface area (Å²) in [6.07, 6.45) is 6.65. The van der Waals surface area contributed by atoms with Crippen LogP contribution >= 0.6 is 0 Å². The van der Waals surface area contributed by atoms with Crippen molar-refractivity contribution in [3.05, 3.63) is 34.7 Å². The highest BCUT2D eigenvalue weighted by atomic mass is 14.9. The number of nitrogens with zero attached hydrogens (tertiary/aromatic N) is 10. The van der Waals surface area contributed by atoms with Crippen LogP contribution in [-0.4, -0.2) is 29.9 Å². The van der Waals surface area contributed by atoms with Gasteiger partial charge in [0.25, 0.3) is 0 Å². The fraction of sp³-hybridized carbons (Fsp3) is 0. The molecule has 28 heavy (non-hydrogen) atoms. The maximum atomic E-state index is 9.30. The first-order valence-electron chi connectivity index (χ1n) is 7.44. The lowest BCUT2D eigenvalue weighted by Crippen LogP contribution is -2.04. The van der Waals surface area contributed by atoms with Crippen molar-refractivity contribution in [1.29, 1.82) is 21.0 Å². The number of hydrogen-bond acceptors (Lipinski definition) is 10. The highest BCUT2D eigenvalue weighted by Crippen LogP contribution is 2.30. The third kappa shape index (κ3) is 2.13. The summed E-state index contributed by atoms with van der Waals surface area (Å²) in [6.45, 7) is 0. The standard InChI is InChI=1S/C18H2N10/c1-2-9-10(4-20)26-17-15(25-9)13-14(24-8(3-19)7-23-13)16-18(17)28-12(6-22)11(5-21)27-16/h1,7H. The van der Waals surface area contributed by atoms with E-state index in [1.54, 1.807) is 12.1 Å². The van der Waals surface area contributed by atoms with Crippen LogP contribution < -0.4 is 0 Å². The Balaban J connectivity index is 2.39. The maximum Gasteiger partial charge on any atom is 0.177 e. The summed E-state index contributed by atoms with van der Waals surface area (Å²) < 4.78 is 0. The van der Waals surface area contributed by atoms with Crippen molar-refractivity contribution < 1.29 is 0 Å². The Hall–Kier alpha value is -5.24. The summed E-state index contributed by atoms with van der Waals surface area (Å²) in [6, 6.07) is 7.32. The Morgan fingerprint density at radius 1 is 0.571 bits per heavy atom. The third-order valence-corrected chi connectivity index (χ3v) is 3.81. The molecule has 1 aromatic carbocycles. The molecule has 4 aromatic rings. The Labute approximate surface area is 156 Å². The van der Waals surface area contributed by atoms with E-state index < -0.39 is 0 Å². The van der Waals surface area contributed by atoms with Gasteiger partial charge >= 0.3 is 0 Å². The Kier molecular flexibility index (Phi) is 3.44. The molecule has 0 amide bonds. The Morgan fingerprint density at radius 3 is 1.46 bits per heavy atom. The number of terminal acetylenes is 1. The maximum absolute atomic E-state index is 9.30. The molecule has 3 aromatic heterocycles. The van der Waals surface area contributed by atoms with Gasteiger partial charge < -0.3 is 0 Å². The van der Waals surface area contributed by atoms with Gasteiger partial charge in [0.15, 0.2) is 22.8 Å². The molecule has 0 bridgehead atoms. The Bertz CT molecular complexity index is 1520. The summed E-state index contributed by atoms with van der Waals surface area (Å²) in [5.74, 6) is 2.29. The van der Waals surface area contributed by atoms with Gasteiger partial charge in [0.2, 0.25) is 0 Å². The first-order chi connectivity index (χ1) is 13.6. The van der Waals surface area contributed by atoms with Crippen LogP contribution in [0.4, 0.5) is 0 Å². The van der Waals surface area contributed by atoms with Crippen molar-refractivity contribution in [2.75, 3.05) is 0 Å². The predicted octanol–water partition coefficient (Wildman–Crippen LogP) is 0.984. The zero-order chi connectivity index (χ0) is 19.8. The lowest BCUT2D eigenvalue weighted by Gasteiger charge is -2.08. The molecule has 124 valence electrons. The van der Waals surface area contributed by atoms with Crippen LogP contribution in [0.1, 0.15) is 28.5 Å². The van der Waals surface area contributed by atoms with Gasteiger partial charge in [-0.1, -0.05) is 0 Å². The third-order valence-electron chi connectivity index (χ3n) is 3.81. The molecule has 0 spiro atoms. The SMILES string of the molecule is C#Cc1nc2c3ncc(C#N)nc3c3nc(C#N)c(C#N)nc3c2nc1C#N. The number of benzene rings is 1. The zero-order valence-corrected chi connectivity index (χ0v) is 13.6. The van der Waals surface area contributed by atoms with Crippen LogP contribution in [0, 0.1) is 57.7 Å². The molecule has 0 saturated carbocycles. The normalized spacial score (nSPS) is 9.96. The van der Waals surface area contributed by atoms with E-state index >= 15 is 0 Å². The predicted molar refractivity (Wildman–Crippen MR) is 92.5 cm³/mol. The van der Waals surface area contributed by atoms with E-state index in [0.717, 1.165) is 0 Å². The van der Waals surface area contributed by atoms with Gasteiger partial charge in [-0.15, -0.1) is 6.42 Å². The number of rotatable bonds is 0. The van der Waals surface area contributed by atoms with Crippen molar-refractivity contribution in [2.24, 2.45) is 0 Å². The van der Waals surface area contributed by atoms with Gasteiger partial charge in [-0.25, -0.2) is 29.9 Å². The minimum Gasteiger partial charge on any atom is -0.249 e. The molecule has 10 nitrogen and oxygen atoms in total. The van der Waals surface area contributed by atoms with E-state index in [-0.39, 0.29) is 61.6 Å². The second-order valence-electron chi connectivity index (χ2n) is 5.28. The van der Waals surface area contributed by atoms with Crippen LogP contribution in [-0.2, 0) is 0 Å². The van der Waals surface area contributed by atoms with Crippen molar-refractivity contribution in [2.45, 2.75) is 0 Å². The van der Waals surface area contributed by atoms with Gasteiger partial charge in [-0.2, -0.15) is 21.0 Å². The van der Waals surface area contributed by atoms with E-state index in [0.29, 0.717) is 0 Å². The van der Waals surface area contributed by atoms with Crippen molar-refractivity contribution in [1.82, 2.24) is 29.9 Å². The van der Waals surface area contributed by atoms with E-state index in [9.17, 15) is 15.8 Å². The number of nitriles is 4. The molecular formula is C18H2N10. The van der Waals surface area contributed by atoms with E-state index in [4.69, 9.17) is 11.7 Å². The molecule has 0 atom stereocenters. The molecule has 0 aliphatic carbocycles. The van der Waals surface area contributed by atoms with Crippen LogP contribution in [0.2, 0.25) is 0 Å². The fourth-order valence-corrected chi connectivity index (χ4v) is 2.65. The van der Waals surface area contributed by atoms with E-state index in [1.807, 2.05) is 12.1 Å². The Morgan fingerprint density at radius 2 is 1.00 bits per heavy atom. The summed E-state index contributed by atoms with van der Waals surface area (Å²) in [7, 11) is 0. The molecule has 3 heterocycles. The van der Waals surface area contributed by atoms with Gasteiger partial charge in [0.1, 0.15) is 63.1 Å². The number of fused-ring (bicyclic) bond motifs is 6. The quantitative estimate of drug-likeness (QED) is 0.325. The second kappa shape index (κ2) is 5.93. The fourth-order valence-electron chi connectivity index (χ4n) is 2.65. The topological polar surface area (TPSA) is 172 Å². The lowest BCUT2D eigenvalue weighted by molar-refractivity contribution is 1.17. The molecule has 0 N–H and O–H groups in total.